The largest absolute Gasteiger partial charge is 0.451 e. The van der Waals surface area contributed by atoms with Crippen LogP contribution in [0.5, 0.6) is 0 Å². The zero-order chi connectivity index (χ0) is 19.1. The highest BCUT2D eigenvalue weighted by molar-refractivity contribution is 9.10. The third-order valence-corrected chi connectivity index (χ3v) is 5.02. The lowest BCUT2D eigenvalue weighted by Crippen LogP contribution is -2.12. The molecule has 0 aliphatic rings. The Kier molecular flexibility index (Phi) is 4.37. The van der Waals surface area contributed by atoms with Gasteiger partial charge in [-0.1, -0.05) is 45.7 Å². The number of primary amides is 1. The number of nitrogens with two attached hydrogens (primary N) is 1. The van der Waals surface area contributed by atoms with Crippen molar-refractivity contribution in [3.63, 3.8) is 0 Å². The van der Waals surface area contributed by atoms with Crippen molar-refractivity contribution in [3.05, 3.63) is 81.6 Å². The third kappa shape index (κ3) is 3.07. The van der Waals surface area contributed by atoms with Gasteiger partial charge in [-0.2, -0.15) is 0 Å². The number of hydrogen-bond donors (Lipinski definition) is 1. The van der Waals surface area contributed by atoms with E-state index in [0.717, 1.165) is 4.47 Å². The van der Waals surface area contributed by atoms with E-state index in [0.29, 0.717) is 27.2 Å². The number of hydrogen-bond acceptors (Lipinski definition) is 3. The maximum absolute atomic E-state index is 13.0. The predicted octanol–water partition coefficient (Wildman–Crippen LogP) is 5.10. The summed E-state index contributed by atoms with van der Waals surface area (Å²) in [5.41, 5.74) is 6.97. The number of nitrogens with zero attached hydrogens (tertiary/aromatic N) is 1. The molecule has 0 spiro atoms. The molecule has 27 heavy (non-hydrogen) atoms. The number of fused-ring (bicyclic) bond motifs is 1. The highest BCUT2D eigenvalue weighted by Gasteiger charge is 2.20. The molecular weight excluding hydrogens is 432 g/mol. The number of furan rings is 1. The summed E-state index contributed by atoms with van der Waals surface area (Å²) in [6.45, 7) is 0. The molecule has 2 aromatic carbocycles. The summed E-state index contributed by atoms with van der Waals surface area (Å²) in [5, 5.41) is 1.11. The number of benzene rings is 2. The molecule has 0 unspecified atom stereocenters. The summed E-state index contributed by atoms with van der Waals surface area (Å²) in [4.78, 5) is 24.7. The number of rotatable bonds is 3. The SMILES string of the molecule is NC(=O)c1cn(C(=O)c2ccc(-c3ccc(Br)cc3Cl)o2)c2ccccc12. The Hall–Kier alpha value is -2.83. The molecule has 4 aromatic rings. The van der Waals surface area contributed by atoms with Crippen LogP contribution >= 0.6 is 27.5 Å². The fourth-order valence-corrected chi connectivity index (χ4v) is 3.72. The van der Waals surface area contributed by atoms with Gasteiger partial charge in [-0.05, 0) is 36.4 Å². The first kappa shape index (κ1) is 17.6. The van der Waals surface area contributed by atoms with Crippen molar-refractivity contribution in [3.8, 4) is 11.3 Å². The molecule has 0 radical (unpaired) electrons. The van der Waals surface area contributed by atoms with Gasteiger partial charge >= 0.3 is 0 Å². The molecule has 7 heteroatoms. The van der Waals surface area contributed by atoms with E-state index in [1.807, 2.05) is 6.07 Å². The molecule has 0 saturated heterocycles. The second kappa shape index (κ2) is 6.72. The number of halogens is 2. The Morgan fingerprint density at radius 2 is 1.85 bits per heavy atom. The molecular formula is C20H12BrClN2O3. The lowest BCUT2D eigenvalue weighted by molar-refractivity contribution is 0.0938. The molecule has 0 saturated carbocycles. The molecule has 2 N–H and O–H groups in total. The van der Waals surface area contributed by atoms with Gasteiger partial charge in [0.15, 0.2) is 5.76 Å². The monoisotopic (exact) mass is 442 g/mol. The average molecular weight is 444 g/mol. The number of carbonyl (C=O) groups is 2. The number of carbonyl (C=O) groups excluding carboxylic acids is 2. The van der Waals surface area contributed by atoms with Crippen LogP contribution in [0.15, 0.2) is 69.7 Å². The lowest BCUT2D eigenvalue weighted by Gasteiger charge is -2.03. The van der Waals surface area contributed by atoms with Crippen molar-refractivity contribution in [2.24, 2.45) is 5.73 Å². The topological polar surface area (TPSA) is 78.2 Å². The number of para-hydroxylation sites is 1. The van der Waals surface area contributed by atoms with Gasteiger partial charge in [0.25, 0.3) is 11.8 Å². The van der Waals surface area contributed by atoms with Gasteiger partial charge in [0.2, 0.25) is 0 Å². The van der Waals surface area contributed by atoms with Crippen molar-refractivity contribution in [1.82, 2.24) is 4.57 Å². The summed E-state index contributed by atoms with van der Waals surface area (Å²) in [5.74, 6) is -0.402. The normalized spacial score (nSPS) is 11.0. The highest BCUT2D eigenvalue weighted by Crippen LogP contribution is 2.32. The minimum absolute atomic E-state index is 0.126. The Balaban J connectivity index is 1.78. The summed E-state index contributed by atoms with van der Waals surface area (Å²) < 4.78 is 7.95. The van der Waals surface area contributed by atoms with E-state index >= 15 is 0 Å². The van der Waals surface area contributed by atoms with E-state index in [-0.39, 0.29) is 11.3 Å². The van der Waals surface area contributed by atoms with Gasteiger partial charge < -0.3 is 10.2 Å². The summed E-state index contributed by atoms with van der Waals surface area (Å²) in [6.07, 6.45) is 1.43. The van der Waals surface area contributed by atoms with Crippen molar-refractivity contribution in [2.45, 2.75) is 0 Å². The highest BCUT2D eigenvalue weighted by atomic mass is 79.9. The van der Waals surface area contributed by atoms with E-state index in [4.69, 9.17) is 21.8 Å². The Labute approximate surface area is 167 Å². The lowest BCUT2D eigenvalue weighted by atomic mass is 10.2. The summed E-state index contributed by atoms with van der Waals surface area (Å²) in [6, 6.07) is 15.7. The van der Waals surface area contributed by atoms with Gasteiger partial charge in [-0.15, -0.1) is 0 Å². The molecule has 2 aromatic heterocycles. The van der Waals surface area contributed by atoms with Crippen LogP contribution in [0.1, 0.15) is 20.9 Å². The Morgan fingerprint density at radius 1 is 1.07 bits per heavy atom. The molecule has 0 atom stereocenters. The van der Waals surface area contributed by atoms with Crippen LogP contribution < -0.4 is 5.73 Å². The van der Waals surface area contributed by atoms with Crippen LogP contribution in [-0.2, 0) is 0 Å². The Morgan fingerprint density at radius 3 is 2.59 bits per heavy atom. The van der Waals surface area contributed by atoms with Crippen molar-refractivity contribution < 1.29 is 14.0 Å². The van der Waals surface area contributed by atoms with Crippen LogP contribution in [-0.4, -0.2) is 16.4 Å². The van der Waals surface area contributed by atoms with E-state index in [1.54, 1.807) is 48.5 Å². The zero-order valence-electron chi connectivity index (χ0n) is 13.8. The van der Waals surface area contributed by atoms with Crippen LogP contribution in [0, 0.1) is 0 Å². The van der Waals surface area contributed by atoms with Crippen LogP contribution in [0.2, 0.25) is 5.02 Å². The first-order valence-electron chi connectivity index (χ1n) is 7.95. The summed E-state index contributed by atoms with van der Waals surface area (Å²) >= 11 is 9.61. The molecule has 134 valence electrons. The van der Waals surface area contributed by atoms with Crippen LogP contribution in [0.25, 0.3) is 22.2 Å². The average Bonchev–Trinajstić information content (AvgIpc) is 3.26. The predicted molar refractivity (Wildman–Crippen MR) is 107 cm³/mol. The molecule has 0 bridgehead atoms. The fraction of sp³-hybridized carbons (Fsp3) is 0. The quantitative estimate of drug-likeness (QED) is 0.478. The van der Waals surface area contributed by atoms with Crippen molar-refractivity contribution in [1.29, 1.82) is 0 Å². The fourth-order valence-electron chi connectivity index (χ4n) is 2.95. The molecule has 2 heterocycles. The van der Waals surface area contributed by atoms with Gasteiger partial charge in [-0.25, -0.2) is 0 Å². The third-order valence-electron chi connectivity index (χ3n) is 4.21. The molecule has 0 aliphatic heterocycles. The Bertz CT molecular complexity index is 1210. The first-order chi connectivity index (χ1) is 13.0. The van der Waals surface area contributed by atoms with Gasteiger partial charge in [-0.3, -0.25) is 14.2 Å². The van der Waals surface area contributed by atoms with Crippen molar-refractivity contribution in [2.75, 3.05) is 0 Å². The maximum atomic E-state index is 13.0. The minimum Gasteiger partial charge on any atom is -0.451 e. The number of aromatic nitrogens is 1. The van der Waals surface area contributed by atoms with Crippen LogP contribution in [0.4, 0.5) is 0 Å². The summed E-state index contributed by atoms with van der Waals surface area (Å²) in [7, 11) is 0. The van der Waals surface area contributed by atoms with Crippen LogP contribution in [0.3, 0.4) is 0 Å². The van der Waals surface area contributed by atoms with E-state index < -0.39 is 11.8 Å². The van der Waals surface area contributed by atoms with E-state index in [2.05, 4.69) is 15.9 Å². The first-order valence-corrected chi connectivity index (χ1v) is 9.12. The minimum atomic E-state index is -0.598. The maximum Gasteiger partial charge on any atom is 0.298 e. The molecule has 0 aliphatic carbocycles. The second-order valence-electron chi connectivity index (χ2n) is 5.89. The standard InChI is InChI=1S/C20H12BrClN2O3/c21-11-5-6-13(15(22)9-11)17-7-8-18(27-17)20(26)24-10-14(19(23)25)12-3-1-2-4-16(12)24/h1-10H,(H2,23,25). The van der Waals surface area contributed by atoms with Gasteiger partial charge in [0.1, 0.15) is 5.76 Å². The van der Waals surface area contributed by atoms with Gasteiger partial charge in [0, 0.05) is 21.6 Å². The number of amides is 1. The zero-order valence-corrected chi connectivity index (χ0v) is 16.1. The van der Waals surface area contributed by atoms with Gasteiger partial charge in [0.05, 0.1) is 16.1 Å². The molecule has 5 nitrogen and oxygen atoms in total. The van der Waals surface area contributed by atoms with E-state index in [9.17, 15) is 9.59 Å². The molecule has 4 rings (SSSR count). The second-order valence-corrected chi connectivity index (χ2v) is 7.21. The molecule has 1 amide bonds. The van der Waals surface area contributed by atoms with E-state index in [1.165, 1.54) is 10.8 Å². The van der Waals surface area contributed by atoms with Crippen molar-refractivity contribution >= 4 is 50.2 Å². The molecule has 0 fully saturated rings. The smallest absolute Gasteiger partial charge is 0.298 e.